The summed E-state index contributed by atoms with van der Waals surface area (Å²) in [6.45, 7) is 0. The maximum atomic E-state index is 13.3. The molecule has 1 aliphatic carbocycles. The molecule has 0 unspecified atom stereocenters. The molecule has 6 nitrogen and oxygen atoms in total. The number of methoxy groups -OCH3 is 1. The Hall–Kier alpha value is -3.22. The summed E-state index contributed by atoms with van der Waals surface area (Å²) in [6.07, 6.45) is 5.26. The third kappa shape index (κ3) is 3.40. The molecule has 1 aromatic carbocycles. The van der Waals surface area contributed by atoms with Crippen LogP contribution in [0, 0.1) is 5.82 Å². The first kappa shape index (κ1) is 17.2. The molecule has 0 bridgehead atoms. The summed E-state index contributed by atoms with van der Waals surface area (Å²) in [5, 5.41) is 7.40. The number of carbonyl (C=O) groups excluding carboxylic acids is 1. The normalized spacial score (nSPS) is 13.1. The maximum Gasteiger partial charge on any atom is 0.276 e. The second-order valence-electron chi connectivity index (χ2n) is 6.41. The molecule has 1 amide bonds. The van der Waals surface area contributed by atoms with E-state index in [2.05, 4.69) is 15.4 Å². The van der Waals surface area contributed by atoms with Crippen molar-refractivity contribution in [2.75, 3.05) is 12.4 Å². The van der Waals surface area contributed by atoms with Crippen molar-refractivity contribution in [3.8, 4) is 11.6 Å². The van der Waals surface area contributed by atoms with Crippen molar-refractivity contribution in [3.05, 3.63) is 65.4 Å². The van der Waals surface area contributed by atoms with Gasteiger partial charge in [0.15, 0.2) is 5.69 Å². The van der Waals surface area contributed by atoms with Crippen LogP contribution in [0.15, 0.2) is 42.6 Å². The van der Waals surface area contributed by atoms with Gasteiger partial charge in [0.1, 0.15) is 5.82 Å². The zero-order chi connectivity index (χ0) is 18.8. The number of rotatable bonds is 4. The highest BCUT2D eigenvalue weighted by Crippen LogP contribution is 2.27. The molecule has 1 aliphatic rings. The Labute approximate surface area is 156 Å². The van der Waals surface area contributed by atoms with Crippen molar-refractivity contribution in [1.29, 1.82) is 0 Å². The minimum atomic E-state index is -0.301. The quantitative estimate of drug-likeness (QED) is 0.767. The minimum Gasteiger partial charge on any atom is -0.481 e. The summed E-state index contributed by atoms with van der Waals surface area (Å²) in [6, 6.07) is 9.55. The first-order chi connectivity index (χ1) is 13.2. The Bertz CT molecular complexity index is 965. The van der Waals surface area contributed by atoms with Crippen molar-refractivity contribution in [2.24, 2.45) is 0 Å². The fraction of sp³-hybridized carbons (Fsp3) is 0.250. The lowest BCUT2D eigenvalue weighted by Gasteiger charge is -2.14. The summed E-state index contributed by atoms with van der Waals surface area (Å²) in [5.41, 5.74) is 3.71. The molecule has 0 saturated heterocycles. The van der Waals surface area contributed by atoms with Crippen LogP contribution in [-0.2, 0) is 12.8 Å². The molecule has 0 radical (unpaired) electrons. The van der Waals surface area contributed by atoms with Gasteiger partial charge < -0.3 is 10.1 Å². The molecule has 7 heteroatoms. The first-order valence-corrected chi connectivity index (χ1v) is 8.84. The van der Waals surface area contributed by atoms with Gasteiger partial charge in [0.2, 0.25) is 5.88 Å². The summed E-state index contributed by atoms with van der Waals surface area (Å²) < 4.78 is 20.0. The van der Waals surface area contributed by atoms with Crippen LogP contribution in [0.4, 0.5) is 10.1 Å². The third-order valence-electron chi connectivity index (χ3n) is 4.67. The fourth-order valence-corrected chi connectivity index (χ4v) is 3.34. The number of hydrogen-bond acceptors (Lipinski definition) is 4. The first-order valence-electron chi connectivity index (χ1n) is 8.84. The molecule has 2 aromatic heterocycles. The van der Waals surface area contributed by atoms with E-state index in [0.29, 0.717) is 17.3 Å². The van der Waals surface area contributed by atoms with Crippen LogP contribution < -0.4 is 10.1 Å². The van der Waals surface area contributed by atoms with Gasteiger partial charge >= 0.3 is 0 Å². The average molecular weight is 366 g/mol. The predicted octanol–water partition coefficient (Wildman–Crippen LogP) is 3.55. The number of benzene rings is 1. The van der Waals surface area contributed by atoms with E-state index in [-0.39, 0.29) is 11.7 Å². The van der Waals surface area contributed by atoms with Gasteiger partial charge in [-0.1, -0.05) is 0 Å². The number of carbonyl (C=O) groups is 1. The summed E-state index contributed by atoms with van der Waals surface area (Å²) in [7, 11) is 1.54. The maximum absolute atomic E-state index is 13.3. The van der Waals surface area contributed by atoms with E-state index < -0.39 is 0 Å². The van der Waals surface area contributed by atoms with Crippen molar-refractivity contribution in [1.82, 2.24) is 14.8 Å². The highest BCUT2D eigenvalue weighted by Gasteiger charge is 2.25. The van der Waals surface area contributed by atoms with E-state index in [1.807, 2.05) is 0 Å². The Morgan fingerprint density at radius 3 is 2.63 bits per heavy atom. The van der Waals surface area contributed by atoms with Crippen LogP contribution >= 0.6 is 0 Å². The molecule has 138 valence electrons. The lowest BCUT2D eigenvalue weighted by Crippen LogP contribution is -2.15. The predicted molar refractivity (Wildman–Crippen MR) is 98.9 cm³/mol. The zero-order valence-corrected chi connectivity index (χ0v) is 14.9. The van der Waals surface area contributed by atoms with Crippen LogP contribution in [-0.4, -0.2) is 27.8 Å². The van der Waals surface area contributed by atoms with E-state index in [1.165, 1.54) is 19.2 Å². The Kier molecular flexibility index (Phi) is 4.58. The molecule has 2 heterocycles. The Morgan fingerprint density at radius 2 is 1.93 bits per heavy atom. The molecule has 0 aliphatic heterocycles. The van der Waals surface area contributed by atoms with E-state index in [0.717, 1.165) is 42.6 Å². The number of nitrogens with one attached hydrogen (secondary N) is 1. The second-order valence-corrected chi connectivity index (χ2v) is 6.41. The SMILES string of the molecule is COc1ccc(NC(=O)c2nn(-c3ccc(F)cc3)c3c2CCCC3)cn1. The monoisotopic (exact) mass is 366 g/mol. The molecule has 3 aromatic rings. The van der Waals surface area contributed by atoms with E-state index in [1.54, 1.807) is 35.1 Å². The zero-order valence-electron chi connectivity index (χ0n) is 14.9. The largest absolute Gasteiger partial charge is 0.481 e. The van der Waals surface area contributed by atoms with Crippen molar-refractivity contribution in [3.63, 3.8) is 0 Å². The number of anilines is 1. The van der Waals surface area contributed by atoms with Crippen LogP contribution in [0.5, 0.6) is 5.88 Å². The number of pyridine rings is 1. The number of halogens is 1. The second kappa shape index (κ2) is 7.19. The summed E-state index contributed by atoms with van der Waals surface area (Å²) in [5.74, 6) is -0.100. The standard InChI is InChI=1S/C20H19FN4O2/c1-27-18-11-8-14(12-22-18)23-20(26)19-16-4-2-3-5-17(16)25(24-19)15-9-6-13(21)7-10-15/h6-12H,2-5H2,1H3,(H,23,26). The number of fused-ring (bicyclic) bond motifs is 1. The lowest BCUT2D eigenvalue weighted by atomic mass is 9.95. The highest BCUT2D eigenvalue weighted by molar-refractivity contribution is 6.04. The molecule has 0 saturated carbocycles. The van der Waals surface area contributed by atoms with Crippen LogP contribution in [0.1, 0.15) is 34.6 Å². The summed E-state index contributed by atoms with van der Waals surface area (Å²) >= 11 is 0. The van der Waals surface area contributed by atoms with Crippen molar-refractivity contribution in [2.45, 2.75) is 25.7 Å². The minimum absolute atomic E-state index is 0.277. The molecule has 0 spiro atoms. The average Bonchev–Trinajstić information content (AvgIpc) is 3.09. The van der Waals surface area contributed by atoms with Gasteiger partial charge in [-0.3, -0.25) is 4.79 Å². The molecular formula is C20H19FN4O2. The van der Waals surface area contributed by atoms with Gasteiger partial charge in [-0.25, -0.2) is 14.1 Å². The van der Waals surface area contributed by atoms with E-state index >= 15 is 0 Å². The number of ether oxygens (including phenoxy) is 1. The Morgan fingerprint density at radius 1 is 1.15 bits per heavy atom. The van der Waals surface area contributed by atoms with Crippen LogP contribution in [0.25, 0.3) is 5.69 Å². The Balaban J connectivity index is 1.67. The fourth-order valence-electron chi connectivity index (χ4n) is 3.34. The smallest absolute Gasteiger partial charge is 0.276 e. The van der Waals surface area contributed by atoms with Gasteiger partial charge in [-0.05, 0) is 56.0 Å². The summed E-state index contributed by atoms with van der Waals surface area (Å²) in [4.78, 5) is 16.9. The van der Waals surface area contributed by atoms with Gasteiger partial charge in [0, 0.05) is 17.3 Å². The topological polar surface area (TPSA) is 69.0 Å². The number of aromatic nitrogens is 3. The highest BCUT2D eigenvalue weighted by atomic mass is 19.1. The number of hydrogen-bond donors (Lipinski definition) is 1. The van der Waals surface area contributed by atoms with Gasteiger partial charge in [0.05, 0.1) is 24.7 Å². The van der Waals surface area contributed by atoms with Gasteiger partial charge in [0.25, 0.3) is 5.91 Å². The van der Waals surface area contributed by atoms with Crippen molar-refractivity contribution < 1.29 is 13.9 Å². The lowest BCUT2D eigenvalue weighted by molar-refractivity contribution is 0.102. The third-order valence-corrected chi connectivity index (χ3v) is 4.67. The molecule has 4 rings (SSSR count). The van der Waals surface area contributed by atoms with E-state index in [9.17, 15) is 9.18 Å². The molecular weight excluding hydrogens is 347 g/mol. The van der Waals surface area contributed by atoms with Crippen LogP contribution in [0.2, 0.25) is 0 Å². The molecule has 27 heavy (non-hydrogen) atoms. The van der Waals surface area contributed by atoms with E-state index in [4.69, 9.17) is 4.74 Å². The molecule has 0 atom stereocenters. The van der Waals surface area contributed by atoms with Gasteiger partial charge in [-0.2, -0.15) is 5.10 Å². The number of nitrogens with zero attached hydrogens (tertiary/aromatic N) is 3. The van der Waals surface area contributed by atoms with Crippen LogP contribution in [0.3, 0.4) is 0 Å². The molecule has 0 fully saturated rings. The number of amides is 1. The van der Waals surface area contributed by atoms with Gasteiger partial charge in [-0.15, -0.1) is 0 Å². The van der Waals surface area contributed by atoms with Crippen molar-refractivity contribution >= 4 is 11.6 Å². The molecule has 1 N–H and O–H groups in total.